The Kier molecular flexibility index (Phi) is 9.44. The van der Waals surface area contributed by atoms with E-state index in [0.717, 1.165) is 63.4 Å². The number of ether oxygens (including phenoxy) is 2. The summed E-state index contributed by atoms with van der Waals surface area (Å²) in [5.41, 5.74) is 12.9. The minimum atomic E-state index is 0.745. The quantitative estimate of drug-likeness (QED) is 0.131. The van der Waals surface area contributed by atoms with Crippen molar-refractivity contribution in [2.45, 2.75) is 73.1 Å². The molecule has 0 amide bonds. The van der Waals surface area contributed by atoms with Crippen LogP contribution >= 0.6 is 0 Å². The Balaban J connectivity index is 1.25. The highest BCUT2D eigenvalue weighted by Gasteiger charge is 2.20. The molecule has 3 aromatic heterocycles. The average Bonchev–Trinajstić information content (AvgIpc) is 3.76. The van der Waals surface area contributed by atoms with E-state index in [-0.39, 0.29) is 0 Å². The number of benzene rings is 4. The molecule has 0 saturated carbocycles. The smallest absolute Gasteiger partial charge is 0.141 e. The molecule has 6 nitrogen and oxygen atoms in total. The van der Waals surface area contributed by atoms with Gasteiger partial charge in [0, 0.05) is 46.9 Å². The van der Waals surface area contributed by atoms with E-state index in [4.69, 9.17) is 19.6 Å². The van der Waals surface area contributed by atoms with E-state index in [9.17, 15) is 0 Å². The van der Waals surface area contributed by atoms with Gasteiger partial charge in [0.25, 0.3) is 0 Å². The van der Waals surface area contributed by atoms with Crippen molar-refractivity contribution >= 4 is 21.8 Å². The van der Waals surface area contributed by atoms with E-state index < -0.39 is 0 Å². The molecule has 0 spiro atoms. The number of pyridine rings is 1. The van der Waals surface area contributed by atoms with Gasteiger partial charge >= 0.3 is 0 Å². The fourth-order valence-electron chi connectivity index (χ4n) is 7.30. The first-order valence-electron chi connectivity index (χ1n) is 17.9. The second-order valence-electron chi connectivity index (χ2n) is 13.3. The normalized spacial score (nSPS) is 11.5. The zero-order valence-electron chi connectivity index (χ0n) is 30.1. The van der Waals surface area contributed by atoms with Crippen molar-refractivity contribution < 1.29 is 9.47 Å². The van der Waals surface area contributed by atoms with Gasteiger partial charge in [-0.1, -0.05) is 51.0 Å². The molecule has 0 aliphatic carbocycles. The maximum absolute atomic E-state index is 6.54. The third-order valence-electron chi connectivity index (χ3n) is 10.2. The Morgan fingerprint density at radius 1 is 0.680 bits per heavy atom. The fraction of sp³-hybridized carbons (Fsp3) is 0.273. The van der Waals surface area contributed by atoms with E-state index >= 15 is 0 Å². The maximum atomic E-state index is 6.54. The molecule has 254 valence electrons. The third kappa shape index (κ3) is 6.15. The molecule has 50 heavy (non-hydrogen) atoms. The van der Waals surface area contributed by atoms with Crippen molar-refractivity contribution in [2.24, 2.45) is 0 Å². The maximum Gasteiger partial charge on any atom is 0.141 e. The predicted octanol–water partition coefficient (Wildman–Crippen LogP) is 11.4. The zero-order valence-corrected chi connectivity index (χ0v) is 30.1. The first-order chi connectivity index (χ1) is 24.4. The van der Waals surface area contributed by atoms with Crippen LogP contribution in [0, 0.1) is 20.8 Å². The van der Waals surface area contributed by atoms with Crippen LogP contribution in [-0.4, -0.2) is 26.4 Å². The lowest BCUT2D eigenvalue weighted by Crippen LogP contribution is -2.06. The number of methoxy groups -OCH3 is 1. The van der Waals surface area contributed by atoms with Crippen molar-refractivity contribution in [3.05, 3.63) is 125 Å². The van der Waals surface area contributed by atoms with E-state index in [0.29, 0.717) is 0 Å². The molecule has 6 heteroatoms. The summed E-state index contributed by atoms with van der Waals surface area (Å²) in [6, 6.07) is 26.6. The highest BCUT2D eigenvalue weighted by Crippen LogP contribution is 2.38. The molecule has 0 N–H and O–H groups in total. The number of para-hydroxylation sites is 1. The molecule has 7 rings (SSSR count). The van der Waals surface area contributed by atoms with Crippen molar-refractivity contribution in [1.82, 2.24) is 19.3 Å². The lowest BCUT2D eigenvalue weighted by Gasteiger charge is -2.22. The Morgan fingerprint density at radius 2 is 1.40 bits per heavy atom. The number of nitrogens with zero attached hydrogens (tertiary/aromatic N) is 4. The molecular weight excluding hydrogens is 617 g/mol. The summed E-state index contributed by atoms with van der Waals surface area (Å²) in [5.74, 6) is 3.04. The lowest BCUT2D eigenvalue weighted by molar-refractivity contribution is 0.414. The van der Waals surface area contributed by atoms with Gasteiger partial charge in [-0.2, -0.15) is 5.10 Å². The molecule has 0 radical (unpaired) electrons. The Hall–Kier alpha value is -5.36. The molecular formula is C44H46N4O2. The van der Waals surface area contributed by atoms with Gasteiger partial charge in [-0.15, -0.1) is 0 Å². The number of aromatic nitrogens is 4. The summed E-state index contributed by atoms with van der Waals surface area (Å²) in [6.45, 7) is 11.4. The molecule has 4 aromatic carbocycles. The van der Waals surface area contributed by atoms with E-state index in [1.807, 2.05) is 41.2 Å². The standard InChI is InChI=1S/C44H46N4O2/c1-7-9-16-37-30(4)29(3)31(5)38(17-10-8-2)44(37)32-27-46-47(28-32)33-14-13-15-35(24-33)50-36-20-21-40-39-18-11-12-19-41(39)48(42(40)25-36)43-26-34(49-6)22-23-45-43/h11-15,18-28H,7-10,16-17H2,1-6H3. The molecule has 0 aliphatic heterocycles. The van der Waals surface area contributed by atoms with E-state index in [1.165, 1.54) is 64.6 Å². The number of fused-ring (bicyclic) bond motifs is 3. The van der Waals surface area contributed by atoms with Crippen LogP contribution < -0.4 is 9.47 Å². The molecule has 0 fully saturated rings. The predicted molar refractivity (Wildman–Crippen MR) is 206 cm³/mol. The first kappa shape index (κ1) is 33.2. The van der Waals surface area contributed by atoms with Crippen LogP contribution in [0.25, 0.3) is 44.4 Å². The van der Waals surface area contributed by atoms with Gasteiger partial charge in [0.15, 0.2) is 0 Å². The Bertz CT molecular complexity index is 2280. The van der Waals surface area contributed by atoms with E-state index in [1.54, 1.807) is 13.3 Å². The zero-order chi connectivity index (χ0) is 34.8. The van der Waals surface area contributed by atoms with Crippen molar-refractivity contribution in [3.63, 3.8) is 0 Å². The van der Waals surface area contributed by atoms with Crippen LogP contribution in [0.15, 0.2) is 97.5 Å². The van der Waals surface area contributed by atoms with Crippen LogP contribution in [0.4, 0.5) is 0 Å². The summed E-state index contributed by atoms with van der Waals surface area (Å²) in [7, 11) is 1.68. The minimum absolute atomic E-state index is 0.745. The van der Waals surface area contributed by atoms with Crippen LogP contribution in [0.1, 0.15) is 67.3 Å². The van der Waals surface area contributed by atoms with Gasteiger partial charge in [-0.25, -0.2) is 9.67 Å². The van der Waals surface area contributed by atoms with Gasteiger partial charge in [-0.05, 0) is 116 Å². The molecule has 0 bridgehead atoms. The van der Waals surface area contributed by atoms with Crippen molar-refractivity contribution in [1.29, 1.82) is 0 Å². The SMILES string of the molecule is CCCCc1c(C)c(C)c(C)c(CCCC)c1-c1cnn(-c2cccc(Oc3ccc4c5ccccc5n(-c5cc(OC)ccn5)c4c3)c2)c1. The lowest BCUT2D eigenvalue weighted by atomic mass is 9.82. The summed E-state index contributed by atoms with van der Waals surface area (Å²) in [5, 5.41) is 7.19. The first-order valence-corrected chi connectivity index (χ1v) is 17.9. The molecule has 0 saturated heterocycles. The van der Waals surface area contributed by atoms with Gasteiger partial charge in [0.2, 0.25) is 0 Å². The van der Waals surface area contributed by atoms with Gasteiger partial charge in [0.05, 0.1) is 30.0 Å². The third-order valence-corrected chi connectivity index (χ3v) is 10.2. The summed E-state index contributed by atoms with van der Waals surface area (Å²) in [6.07, 6.45) is 12.9. The van der Waals surface area contributed by atoms with Gasteiger partial charge in [0.1, 0.15) is 23.1 Å². The monoisotopic (exact) mass is 662 g/mol. The second kappa shape index (κ2) is 14.2. The van der Waals surface area contributed by atoms with Gasteiger partial charge in [-0.3, -0.25) is 4.57 Å². The molecule has 3 heterocycles. The highest BCUT2D eigenvalue weighted by molar-refractivity contribution is 6.09. The second-order valence-corrected chi connectivity index (χ2v) is 13.3. The Labute approximate surface area is 295 Å². The number of hydrogen-bond acceptors (Lipinski definition) is 4. The topological polar surface area (TPSA) is 54.1 Å². The number of hydrogen-bond donors (Lipinski definition) is 0. The van der Waals surface area contributed by atoms with Crippen LogP contribution in [0.5, 0.6) is 17.2 Å². The van der Waals surface area contributed by atoms with Crippen molar-refractivity contribution in [3.8, 4) is 39.9 Å². The summed E-state index contributed by atoms with van der Waals surface area (Å²) < 4.78 is 16.2. The van der Waals surface area contributed by atoms with Crippen LogP contribution in [0.3, 0.4) is 0 Å². The van der Waals surface area contributed by atoms with E-state index in [2.05, 4.69) is 93.9 Å². The summed E-state index contributed by atoms with van der Waals surface area (Å²) in [4.78, 5) is 4.70. The molecule has 0 atom stereocenters. The average molecular weight is 663 g/mol. The number of unbranched alkanes of at least 4 members (excludes halogenated alkanes) is 2. The fourth-order valence-corrected chi connectivity index (χ4v) is 7.30. The molecule has 0 unspecified atom stereocenters. The largest absolute Gasteiger partial charge is 0.497 e. The van der Waals surface area contributed by atoms with Crippen LogP contribution in [0.2, 0.25) is 0 Å². The highest BCUT2D eigenvalue weighted by atomic mass is 16.5. The minimum Gasteiger partial charge on any atom is -0.497 e. The summed E-state index contributed by atoms with van der Waals surface area (Å²) >= 11 is 0. The number of rotatable bonds is 12. The molecule has 7 aromatic rings. The Morgan fingerprint density at radius 3 is 2.14 bits per heavy atom. The van der Waals surface area contributed by atoms with Crippen LogP contribution in [-0.2, 0) is 12.8 Å². The van der Waals surface area contributed by atoms with Crippen molar-refractivity contribution in [2.75, 3.05) is 7.11 Å². The molecule has 0 aliphatic rings. The van der Waals surface area contributed by atoms with Gasteiger partial charge < -0.3 is 9.47 Å².